The van der Waals surface area contributed by atoms with E-state index in [0.29, 0.717) is 31.6 Å². The largest absolute Gasteiger partial charge is 0.481 e. The number of pyridine rings is 1. The molecule has 7 rings (SSSR count). The van der Waals surface area contributed by atoms with Crippen LogP contribution in [0.3, 0.4) is 0 Å². The fourth-order valence-corrected chi connectivity index (χ4v) is 14.0. The number of amides is 1. The van der Waals surface area contributed by atoms with E-state index in [1.807, 2.05) is 25.1 Å². The smallest absolute Gasteiger partial charge is 0.407 e. The van der Waals surface area contributed by atoms with E-state index in [9.17, 15) is 19.8 Å². The number of nitrogens with zero attached hydrogens (tertiary/aromatic N) is 1. The first-order valence-electron chi connectivity index (χ1n) is 23.9. The van der Waals surface area contributed by atoms with E-state index in [1.165, 1.54) is 0 Å². The average molecular weight is 937 g/mol. The molecule has 7 heterocycles. The molecule has 1 spiro atoms. The first kappa shape index (κ1) is 50.2. The Kier molecular flexibility index (Phi) is 16.0. The predicted molar refractivity (Wildman–Crippen MR) is 244 cm³/mol. The Bertz CT molecular complexity index is 1740. The van der Waals surface area contributed by atoms with Crippen LogP contribution in [0.5, 0.6) is 0 Å². The van der Waals surface area contributed by atoms with Crippen LogP contribution in [0.2, 0.25) is 0 Å². The van der Waals surface area contributed by atoms with Gasteiger partial charge in [0.2, 0.25) is 5.79 Å². The van der Waals surface area contributed by atoms with Crippen LogP contribution >= 0.6 is 21.6 Å². The Morgan fingerprint density at radius 3 is 2.44 bits per heavy atom. The van der Waals surface area contributed by atoms with Gasteiger partial charge in [-0.1, -0.05) is 58.4 Å². The zero-order valence-electron chi connectivity index (χ0n) is 39.7. The van der Waals surface area contributed by atoms with E-state index in [-0.39, 0.29) is 84.8 Å². The fraction of sp³-hybridized carbons (Fsp3) is 0.854. The normalized spacial score (nSPS) is 45.4. The molecule has 6 fully saturated rings. The standard InChI is InChI=1S/C48H76N2O12S2/c1-27-14-15-34(57-40(27)32(6)43(51)52)23-35-24-36(55-10)33(7)48(59-35)31(5)25-46(9,62-48)38-16-17-45(8,60-38)42-29(3)22-37(58-42)41-28(2)21-30(4)47(54,61-41)26-56-44(53)50-19-20-63-64-39-13-11-12-18-49-39/h11-13,18,27-38,40-42,54H,14-17,19-26H2,1-10H3,(H,50,53)(H,51,52)/t27-,28-,29-,30+,31+,32+,33?,34+,35+,36+,37+,38?,40?,41+,42+,45-,46+,47-,48+/m0/s1. The van der Waals surface area contributed by atoms with E-state index < -0.39 is 46.9 Å². The summed E-state index contributed by atoms with van der Waals surface area (Å²) in [5.74, 6) is -3.04. The van der Waals surface area contributed by atoms with E-state index in [0.717, 1.165) is 43.6 Å². The first-order chi connectivity index (χ1) is 30.3. The molecular formula is C48H76N2O12S2. The van der Waals surface area contributed by atoms with Crippen molar-refractivity contribution in [1.29, 1.82) is 0 Å². The summed E-state index contributed by atoms with van der Waals surface area (Å²) in [6, 6.07) is 5.76. The number of carbonyl (C=O) groups is 2. The van der Waals surface area contributed by atoms with Gasteiger partial charge in [-0.15, -0.1) is 0 Å². The highest BCUT2D eigenvalue weighted by molar-refractivity contribution is 8.76. The van der Waals surface area contributed by atoms with Gasteiger partial charge in [0.05, 0.1) is 66.0 Å². The van der Waals surface area contributed by atoms with E-state index in [2.05, 4.69) is 58.8 Å². The second-order valence-electron chi connectivity index (χ2n) is 20.8. The number of methoxy groups -OCH3 is 1. The molecule has 0 aromatic carbocycles. The molecule has 6 aliphatic rings. The van der Waals surface area contributed by atoms with Gasteiger partial charge in [0.25, 0.3) is 0 Å². The maximum absolute atomic E-state index is 12.7. The van der Waals surface area contributed by atoms with Gasteiger partial charge in [0, 0.05) is 56.2 Å². The number of carboxylic acids is 1. The van der Waals surface area contributed by atoms with Crippen LogP contribution in [0, 0.1) is 41.4 Å². The molecule has 0 bridgehead atoms. The first-order valence-corrected chi connectivity index (χ1v) is 26.2. The lowest BCUT2D eigenvalue weighted by atomic mass is 9.78. The van der Waals surface area contributed by atoms with Crippen molar-refractivity contribution in [2.45, 2.75) is 197 Å². The van der Waals surface area contributed by atoms with Crippen molar-refractivity contribution in [3.63, 3.8) is 0 Å². The van der Waals surface area contributed by atoms with E-state index in [1.54, 1.807) is 41.8 Å². The summed E-state index contributed by atoms with van der Waals surface area (Å²) in [6.45, 7) is 19.0. The van der Waals surface area contributed by atoms with Crippen molar-refractivity contribution in [1.82, 2.24) is 10.3 Å². The lowest BCUT2D eigenvalue weighted by Gasteiger charge is -2.50. The molecule has 6 saturated heterocycles. The molecule has 14 nitrogen and oxygen atoms in total. The zero-order valence-corrected chi connectivity index (χ0v) is 41.3. The summed E-state index contributed by atoms with van der Waals surface area (Å²) in [4.78, 5) is 28.9. The van der Waals surface area contributed by atoms with E-state index >= 15 is 0 Å². The summed E-state index contributed by atoms with van der Waals surface area (Å²) >= 11 is 0. The summed E-state index contributed by atoms with van der Waals surface area (Å²) in [5.41, 5.74) is -1.19. The van der Waals surface area contributed by atoms with Gasteiger partial charge in [-0.25, -0.2) is 9.78 Å². The van der Waals surface area contributed by atoms with Crippen LogP contribution in [0.4, 0.5) is 4.79 Å². The van der Waals surface area contributed by atoms with Crippen LogP contribution in [-0.4, -0.2) is 125 Å². The van der Waals surface area contributed by atoms with Crippen LogP contribution in [0.1, 0.15) is 120 Å². The number of aliphatic carboxylic acids is 1. The summed E-state index contributed by atoms with van der Waals surface area (Å²) in [6.07, 6.45) is 6.40. The molecule has 64 heavy (non-hydrogen) atoms. The highest BCUT2D eigenvalue weighted by Gasteiger charge is 2.65. The minimum absolute atomic E-state index is 0.0329. The van der Waals surface area contributed by atoms with Crippen LogP contribution < -0.4 is 5.32 Å². The number of hydrogen-bond donors (Lipinski definition) is 3. The Hall–Kier alpha value is -1.73. The quantitative estimate of drug-likeness (QED) is 0.113. The third-order valence-corrected chi connectivity index (χ3v) is 18.1. The highest BCUT2D eigenvalue weighted by atomic mass is 33.1. The van der Waals surface area contributed by atoms with Crippen molar-refractivity contribution in [3.05, 3.63) is 24.4 Å². The zero-order chi connectivity index (χ0) is 46.2. The molecule has 362 valence electrons. The fourth-order valence-electron chi connectivity index (χ4n) is 12.2. The van der Waals surface area contributed by atoms with Crippen molar-refractivity contribution in [2.75, 3.05) is 26.0 Å². The minimum atomic E-state index is -1.65. The molecule has 0 radical (unpaired) electrons. The molecule has 1 amide bonds. The number of hydrogen-bond acceptors (Lipinski definition) is 14. The highest BCUT2D eigenvalue weighted by Crippen LogP contribution is 2.57. The van der Waals surface area contributed by atoms with Gasteiger partial charge in [0.1, 0.15) is 11.6 Å². The minimum Gasteiger partial charge on any atom is -0.481 e. The Morgan fingerprint density at radius 2 is 1.72 bits per heavy atom. The topological polar surface area (TPSA) is 173 Å². The van der Waals surface area contributed by atoms with Crippen LogP contribution in [0.15, 0.2) is 29.4 Å². The van der Waals surface area contributed by atoms with Crippen LogP contribution in [0.25, 0.3) is 0 Å². The van der Waals surface area contributed by atoms with Gasteiger partial charge < -0.3 is 53.4 Å². The number of aromatic nitrogens is 1. The molecule has 6 aliphatic heterocycles. The second kappa shape index (κ2) is 20.5. The Balaban J connectivity index is 0.941. The van der Waals surface area contributed by atoms with Crippen LogP contribution in [-0.2, 0) is 42.7 Å². The lowest BCUT2D eigenvalue weighted by molar-refractivity contribution is -0.353. The summed E-state index contributed by atoms with van der Waals surface area (Å²) in [7, 11) is 4.91. The molecule has 1 aromatic rings. The molecule has 3 unspecified atom stereocenters. The maximum Gasteiger partial charge on any atom is 0.407 e. The van der Waals surface area contributed by atoms with Gasteiger partial charge >= 0.3 is 12.1 Å². The predicted octanol–water partition coefficient (Wildman–Crippen LogP) is 8.28. The molecule has 1 aromatic heterocycles. The molecule has 19 atom stereocenters. The van der Waals surface area contributed by atoms with Gasteiger partial charge in [-0.05, 0) is 106 Å². The second-order valence-corrected chi connectivity index (χ2v) is 23.2. The van der Waals surface area contributed by atoms with Gasteiger partial charge in [-0.2, -0.15) is 0 Å². The Labute approximate surface area is 388 Å². The number of rotatable bonds is 15. The van der Waals surface area contributed by atoms with Crippen molar-refractivity contribution in [3.8, 4) is 0 Å². The number of carbonyl (C=O) groups excluding carboxylic acids is 1. The summed E-state index contributed by atoms with van der Waals surface area (Å²) < 4.78 is 53.2. The van der Waals surface area contributed by atoms with Crippen molar-refractivity contribution in [2.24, 2.45) is 41.4 Å². The van der Waals surface area contributed by atoms with Crippen molar-refractivity contribution >= 4 is 33.7 Å². The lowest BCUT2D eigenvalue weighted by Crippen LogP contribution is -2.58. The third kappa shape index (κ3) is 10.6. The van der Waals surface area contributed by atoms with Gasteiger partial charge in [0.15, 0.2) is 5.79 Å². The third-order valence-electron chi connectivity index (χ3n) is 15.8. The molecular weight excluding hydrogens is 861 g/mol. The molecule has 16 heteroatoms. The number of aliphatic hydroxyl groups is 1. The van der Waals surface area contributed by atoms with Crippen molar-refractivity contribution < 1.29 is 57.7 Å². The summed E-state index contributed by atoms with van der Waals surface area (Å²) in [5, 5.41) is 25.3. The molecule has 3 N–H and O–H groups in total. The average Bonchev–Trinajstić information content (AvgIpc) is 3.94. The number of alkyl carbamates (subject to hydrolysis) is 1. The Morgan fingerprint density at radius 1 is 0.938 bits per heavy atom. The van der Waals surface area contributed by atoms with E-state index in [4.69, 9.17) is 37.9 Å². The number of carboxylic acid groups (broad SMARTS) is 1. The number of ether oxygens (including phenoxy) is 8. The number of nitrogens with one attached hydrogen (secondary N) is 1. The molecule has 0 aliphatic carbocycles. The maximum atomic E-state index is 12.7. The SMILES string of the molecule is CO[C@@H]1C[C@@H](C[C@H]2CC[C@H](C)C([C@@H](C)C(=O)O)O2)O[C@]2(O[C@@](C)(C3CC[C@@](C)([C@@H]4O[C@@H]([C@@H]5O[C@@](O)(COC(=O)NCCSSc6ccccn6)[C@H](C)C[C@@H]5C)C[C@@H]4C)O3)C[C@H]2C)C1C. The van der Waals surface area contributed by atoms with Gasteiger partial charge in [-0.3, -0.25) is 4.79 Å². The monoisotopic (exact) mass is 936 g/mol. The molecule has 0 saturated carbocycles.